The van der Waals surface area contributed by atoms with Crippen molar-refractivity contribution in [1.82, 2.24) is 10.6 Å². The van der Waals surface area contributed by atoms with Gasteiger partial charge in [-0.1, -0.05) is 24.3 Å². The van der Waals surface area contributed by atoms with Crippen LogP contribution in [0.5, 0.6) is 11.5 Å². The normalized spacial score (nSPS) is 16.3. The molecule has 0 aliphatic carbocycles. The van der Waals surface area contributed by atoms with E-state index in [4.69, 9.17) is 19.2 Å². The Bertz CT molecular complexity index is 876. The Balaban J connectivity index is 1.64. The minimum atomic E-state index is 0.478. The first-order valence-electron chi connectivity index (χ1n) is 11.0. The molecule has 1 fully saturated rings. The van der Waals surface area contributed by atoms with E-state index >= 15 is 0 Å². The van der Waals surface area contributed by atoms with E-state index in [1.54, 1.807) is 7.11 Å². The first kappa shape index (κ1) is 22.9. The van der Waals surface area contributed by atoms with Crippen LogP contribution < -0.4 is 20.1 Å². The van der Waals surface area contributed by atoms with E-state index < -0.39 is 0 Å². The topological polar surface area (TPSA) is 64.1 Å². The second-order valence-electron chi connectivity index (χ2n) is 8.00. The summed E-state index contributed by atoms with van der Waals surface area (Å²) in [6.07, 6.45) is 1.07. The maximum atomic E-state index is 6.17. The fourth-order valence-corrected chi connectivity index (χ4v) is 3.52. The van der Waals surface area contributed by atoms with Gasteiger partial charge in [-0.15, -0.1) is 0 Å². The number of guanidine groups is 1. The van der Waals surface area contributed by atoms with Crippen molar-refractivity contribution in [3.05, 3.63) is 58.7 Å². The van der Waals surface area contributed by atoms with Crippen molar-refractivity contribution in [1.29, 1.82) is 0 Å². The molecule has 1 aliphatic rings. The number of aliphatic imine (C=N–C) groups is 1. The summed E-state index contributed by atoms with van der Waals surface area (Å²) >= 11 is 0. The lowest BCUT2D eigenvalue weighted by atomic mass is 10.1. The van der Waals surface area contributed by atoms with E-state index in [2.05, 4.69) is 54.8 Å². The number of benzene rings is 2. The highest BCUT2D eigenvalue weighted by Crippen LogP contribution is 2.23. The molecule has 0 radical (unpaired) electrons. The predicted molar refractivity (Wildman–Crippen MR) is 125 cm³/mol. The van der Waals surface area contributed by atoms with Gasteiger partial charge in [-0.3, -0.25) is 0 Å². The number of nitrogens with one attached hydrogen (secondary N) is 2. The zero-order valence-corrected chi connectivity index (χ0v) is 19.2. The van der Waals surface area contributed by atoms with Crippen molar-refractivity contribution < 1.29 is 14.2 Å². The minimum absolute atomic E-state index is 0.478. The molecule has 0 spiro atoms. The summed E-state index contributed by atoms with van der Waals surface area (Å²) in [6, 6.07) is 12.5. The van der Waals surface area contributed by atoms with Crippen LogP contribution in [0.2, 0.25) is 0 Å². The van der Waals surface area contributed by atoms with E-state index in [0.717, 1.165) is 60.3 Å². The second kappa shape index (κ2) is 11.6. The Hall–Kier alpha value is -2.73. The van der Waals surface area contributed by atoms with Crippen LogP contribution in [-0.2, 0) is 17.8 Å². The molecule has 6 nitrogen and oxygen atoms in total. The molecule has 1 atom stereocenters. The molecular weight excluding hydrogens is 390 g/mol. The van der Waals surface area contributed by atoms with E-state index in [9.17, 15) is 0 Å². The third kappa shape index (κ3) is 6.89. The second-order valence-corrected chi connectivity index (χ2v) is 8.00. The quantitative estimate of drug-likeness (QED) is 0.470. The van der Waals surface area contributed by atoms with Gasteiger partial charge in [-0.25, -0.2) is 4.99 Å². The number of rotatable bonds is 9. The zero-order valence-electron chi connectivity index (χ0n) is 19.2. The SMILES string of the molecule is CCNC(=NCc1ccc(C)c(OC)c1)NCc1ccc(C)cc1OCC1CCOC1. The number of methoxy groups -OCH3 is 1. The Morgan fingerprint density at radius 2 is 2.00 bits per heavy atom. The Morgan fingerprint density at radius 1 is 1.13 bits per heavy atom. The van der Waals surface area contributed by atoms with Gasteiger partial charge in [-0.2, -0.15) is 0 Å². The number of aryl methyl sites for hydroxylation is 2. The molecule has 2 aromatic rings. The lowest BCUT2D eigenvalue weighted by Crippen LogP contribution is -2.36. The smallest absolute Gasteiger partial charge is 0.191 e. The van der Waals surface area contributed by atoms with E-state index in [0.29, 0.717) is 25.6 Å². The van der Waals surface area contributed by atoms with Crippen LogP contribution in [0.15, 0.2) is 41.4 Å². The highest BCUT2D eigenvalue weighted by atomic mass is 16.5. The average molecular weight is 426 g/mol. The van der Waals surface area contributed by atoms with Crippen LogP contribution in [0.25, 0.3) is 0 Å². The molecule has 6 heteroatoms. The van der Waals surface area contributed by atoms with Crippen LogP contribution in [0, 0.1) is 19.8 Å². The predicted octanol–water partition coefficient (Wildman–Crippen LogP) is 3.98. The summed E-state index contributed by atoms with van der Waals surface area (Å²) in [7, 11) is 1.70. The molecule has 0 amide bonds. The molecule has 1 unspecified atom stereocenters. The van der Waals surface area contributed by atoms with Crippen molar-refractivity contribution in [2.75, 3.05) is 33.5 Å². The lowest BCUT2D eigenvalue weighted by molar-refractivity contribution is 0.166. The van der Waals surface area contributed by atoms with Crippen molar-refractivity contribution in [2.45, 2.75) is 40.3 Å². The number of hydrogen-bond donors (Lipinski definition) is 2. The summed E-state index contributed by atoms with van der Waals surface area (Å²) in [5.41, 5.74) is 4.54. The van der Waals surface area contributed by atoms with Gasteiger partial charge in [0.25, 0.3) is 0 Å². The number of hydrogen-bond acceptors (Lipinski definition) is 4. The number of ether oxygens (including phenoxy) is 3. The van der Waals surface area contributed by atoms with Gasteiger partial charge in [0.05, 0.1) is 26.9 Å². The zero-order chi connectivity index (χ0) is 22.1. The molecular formula is C25H35N3O3. The van der Waals surface area contributed by atoms with Crippen LogP contribution >= 0.6 is 0 Å². The highest BCUT2D eigenvalue weighted by Gasteiger charge is 2.17. The van der Waals surface area contributed by atoms with Gasteiger partial charge in [0.1, 0.15) is 11.5 Å². The van der Waals surface area contributed by atoms with Gasteiger partial charge in [0, 0.05) is 31.2 Å². The van der Waals surface area contributed by atoms with Gasteiger partial charge >= 0.3 is 0 Å². The van der Waals surface area contributed by atoms with E-state index in [-0.39, 0.29) is 0 Å². The molecule has 3 rings (SSSR count). The van der Waals surface area contributed by atoms with E-state index in [1.807, 2.05) is 13.0 Å². The van der Waals surface area contributed by atoms with Crippen molar-refractivity contribution in [3.8, 4) is 11.5 Å². The molecule has 2 aromatic carbocycles. The average Bonchev–Trinajstić information content (AvgIpc) is 3.29. The largest absolute Gasteiger partial charge is 0.496 e. The van der Waals surface area contributed by atoms with Gasteiger partial charge in [0.2, 0.25) is 0 Å². The van der Waals surface area contributed by atoms with Crippen LogP contribution in [0.1, 0.15) is 35.6 Å². The van der Waals surface area contributed by atoms with Crippen LogP contribution in [0.4, 0.5) is 0 Å². The monoisotopic (exact) mass is 425 g/mol. The number of nitrogens with zero attached hydrogens (tertiary/aromatic N) is 1. The minimum Gasteiger partial charge on any atom is -0.496 e. The summed E-state index contributed by atoms with van der Waals surface area (Å²) in [6.45, 7) is 10.5. The summed E-state index contributed by atoms with van der Waals surface area (Å²) in [4.78, 5) is 4.74. The molecule has 0 aromatic heterocycles. The van der Waals surface area contributed by atoms with Crippen LogP contribution in [-0.4, -0.2) is 39.4 Å². The van der Waals surface area contributed by atoms with Crippen molar-refractivity contribution >= 4 is 5.96 Å². The summed E-state index contributed by atoms with van der Waals surface area (Å²) in [5, 5.41) is 6.76. The lowest BCUT2D eigenvalue weighted by Gasteiger charge is -2.17. The third-order valence-electron chi connectivity index (χ3n) is 5.40. The molecule has 0 bridgehead atoms. The van der Waals surface area contributed by atoms with Crippen LogP contribution in [0.3, 0.4) is 0 Å². The Morgan fingerprint density at radius 3 is 2.74 bits per heavy atom. The molecule has 0 saturated carbocycles. The molecule has 1 heterocycles. The van der Waals surface area contributed by atoms with Gasteiger partial charge in [0.15, 0.2) is 5.96 Å². The maximum Gasteiger partial charge on any atom is 0.191 e. The van der Waals surface area contributed by atoms with E-state index in [1.165, 1.54) is 5.56 Å². The maximum absolute atomic E-state index is 6.17. The molecule has 168 valence electrons. The standard InChI is InChI=1S/C25H35N3O3/c1-5-26-25(27-14-20-8-7-19(3)23(13-20)29-4)28-15-22-9-6-18(2)12-24(22)31-17-21-10-11-30-16-21/h6-9,12-13,21H,5,10-11,14-17H2,1-4H3,(H2,26,27,28). The first-order chi connectivity index (χ1) is 15.1. The Kier molecular flexibility index (Phi) is 8.59. The fraction of sp³-hybridized carbons (Fsp3) is 0.480. The first-order valence-corrected chi connectivity index (χ1v) is 11.0. The van der Waals surface area contributed by atoms with Gasteiger partial charge < -0.3 is 24.8 Å². The molecule has 1 saturated heterocycles. The fourth-order valence-electron chi connectivity index (χ4n) is 3.52. The summed E-state index contributed by atoms with van der Waals surface area (Å²) < 4.78 is 17.1. The summed E-state index contributed by atoms with van der Waals surface area (Å²) in [5.74, 6) is 3.07. The molecule has 31 heavy (non-hydrogen) atoms. The molecule has 2 N–H and O–H groups in total. The van der Waals surface area contributed by atoms with Gasteiger partial charge in [-0.05, 0) is 56.0 Å². The molecule has 1 aliphatic heterocycles. The third-order valence-corrected chi connectivity index (χ3v) is 5.40. The highest BCUT2D eigenvalue weighted by molar-refractivity contribution is 5.79. The Labute approximate surface area is 186 Å². The van der Waals surface area contributed by atoms with Crippen molar-refractivity contribution in [2.24, 2.45) is 10.9 Å². The van der Waals surface area contributed by atoms with Crippen molar-refractivity contribution in [3.63, 3.8) is 0 Å².